The standard InChI is InChI=1S/C18H23N3OS/c1-13(9-10-16-7-5-4-6-8-16)19-17(22)12-23-18-20-14(2)11-15(3)21-18/h4-8,11,13H,9-10,12H2,1-3H3,(H,19,22). The number of amides is 1. The second-order valence-corrected chi connectivity index (χ2v) is 6.66. The highest BCUT2D eigenvalue weighted by molar-refractivity contribution is 7.99. The van der Waals surface area contributed by atoms with Crippen LogP contribution in [0.2, 0.25) is 0 Å². The van der Waals surface area contributed by atoms with E-state index in [0.717, 1.165) is 24.2 Å². The number of thioether (sulfide) groups is 1. The Morgan fingerprint density at radius 2 is 1.83 bits per heavy atom. The van der Waals surface area contributed by atoms with Gasteiger partial charge in [-0.2, -0.15) is 0 Å². The van der Waals surface area contributed by atoms with E-state index in [9.17, 15) is 4.79 Å². The molecule has 4 nitrogen and oxygen atoms in total. The molecule has 2 rings (SSSR count). The van der Waals surface area contributed by atoms with Crippen molar-refractivity contribution in [3.05, 3.63) is 53.3 Å². The molecule has 0 aliphatic rings. The number of nitrogens with one attached hydrogen (secondary N) is 1. The van der Waals surface area contributed by atoms with Gasteiger partial charge in [-0.15, -0.1) is 0 Å². The van der Waals surface area contributed by atoms with E-state index in [1.807, 2.05) is 45.0 Å². The van der Waals surface area contributed by atoms with Crippen LogP contribution in [0, 0.1) is 13.8 Å². The fraction of sp³-hybridized carbons (Fsp3) is 0.389. The fourth-order valence-corrected chi connectivity index (χ4v) is 3.07. The third-order valence-corrected chi connectivity index (χ3v) is 4.26. The predicted octanol–water partition coefficient (Wildman–Crippen LogP) is 3.32. The molecule has 0 saturated heterocycles. The van der Waals surface area contributed by atoms with Crippen LogP contribution in [-0.4, -0.2) is 27.7 Å². The molecule has 0 saturated carbocycles. The zero-order valence-electron chi connectivity index (χ0n) is 13.9. The zero-order valence-corrected chi connectivity index (χ0v) is 14.7. The minimum Gasteiger partial charge on any atom is -0.353 e. The first-order valence-electron chi connectivity index (χ1n) is 7.81. The van der Waals surface area contributed by atoms with E-state index in [1.165, 1.54) is 17.3 Å². The largest absolute Gasteiger partial charge is 0.353 e. The second kappa shape index (κ2) is 8.67. The molecule has 23 heavy (non-hydrogen) atoms. The van der Waals surface area contributed by atoms with Gasteiger partial charge in [-0.3, -0.25) is 4.79 Å². The Balaban J connectivity index is 1.73. The Morgan fingerprint density at radius 1 is 1.17 bits per heavy atom. The number of hydrogen-bond acceptors (Lipinski definition) is 4. The van der Waals surface area contributed by atoms with E-state index in [0.29, 0.717) is 10.9 Å². The lowest BCUT2D eigenvalue weighted by molar-refractivity contribution is -0.119. The molecule has 0 aliphatic carbocycles. The topological polar surface area (TPSA) is 54.9 Å². The quantitative estimate of drug-likeness (QED) is 0.625. The van der Waals surface area contributed by atoms with Gasteiger partial charge < -0.3 is 5.32 Å². The summed E-state index contributed by atoms with van der Waals surface area (Å²) >= 11 is 1.38. The van der Waals surface area contributed by atoms with Crippen LogP contribution in [0.25, 0.3) is 0 Å². The molecule has 0 fully saturated rings. The predicted molar refractivity (Wildman–Crippen MR) is 94.6 cm³/mol. The average molecular weight is 329 g/mol. The highest BCUT2D eigenvalue weighted by Gasteiger charge is 2.09. The molecule has 5 heteroatoms. The molecule has 1 atom stereocenters. The van der Waals surface area contributed by atoms with E-state index in [2.05, 4.69) is 27.4 Å². The van der Waals surface area contributed by atoms with Gasteiger partial charge in [0, 0.05) is 17.4 Å². The van der Waals surface area contributed by atoms with Gasteiger partial charge in [0.05, 0.1) is 5.75 Å². The molecule has 0 spiro atoms. The Bertz CT molecular complexity index is 626. The van der Waals surface area contributed by atoms with Crippen LogP contribution < -0.4 is 5.32 Å². The highest BCUT2D eigenvalue weighted by atomic mass is 32.2. The summed E-state index contributed by atoms with van der Waals surface area (Å²) < 4.78 is 0. The maximum atomic E-state index is 12.0. The Hall–Kier alpha value is -1.88. The van der Waals surface area contributed by atoms with Gasteiger partial charge in [0.1, 0.15) is 0 Å². The van der Waals surface area contributed by atoms with Crippen molar-refractivity contribution in [2.75, 3.05) is 5.75 Å². The van der Waals surface area contributed by atoms with Crippen molar-refractivity contribution in [2.45, 2.75) is 44.8 Å². The second-order valence-electron chi connectivity index (χ2n) is 5.71. The number of carbonyl (C=O) groups excluding carboxylic acids is 1. The SMILES string of the molecule is Cc1cc(C)nc(SCC(=O)NC(C)CCc2ccccc2)n1. The molecular weight excluding hydrogens is 306 g/mol. The summed E-state index contributed by atoms with van der Waals surface area (Å²) in [6.07, 6.45) is 1.90. The summed E-state index contributed by atoms with van der Waals surface area (Å²) in [6.45, 7) is 5.91. The Labute approximate surface area is 142 Å². The zero-order chi connectivity index (χ0) is 16.7. The number of nitrogens with zero attached hydrogens (tertiary/aromatic N) is 2. The molecule has 1 heterocycles. The van der Waals surface area contributed by atoms with Crippen molar-refractivity contribution in [3.8, 4) is 0 Å². The van der Waals surface area contributed by atoms with Gasteiger partial charge in [-0.05, 0) is 45.2 Å². The first-order valence-corrected chi connectivity index (χ1v) is 8.80. The lowest BCUT2D eigenvalue weighted by Crippen LogP contribution is -2.34. The monoisotopic (exact) mass is 329 g/mol. The van der Waals surface area contributed by atoms with Crippen LogP contribution >= 0.6 is 11.8 Å². The molecule has 0 aliphatic heterocycles. The van der Waals surface area contributed by atoms with Crippen LogP contribution in [0.15, 0.2) is 41.6 Å². The van der Waals surface area contributed by atoms with Gasteiger partial charge in [-0.25, -0.2) is 9.97 Å². The fourth-order valence-electron chi connectivity index (χ4n) is 2.30. The minimum atomic E-state index is 0.0262. The average Bonchev–Trinajstić information content (AvgIpc) is 2.51. The van der Waals surface area contributed by atoms with Crippen molar-refractivity contribution in [1.29, 1.82) is 0 Å². The van der Waals surface area contributed by atoms with Crippen LogP contribution in [0.4, 0.5) is 0 Å². The van der Waals surface area contributed by atoms with Crippen LogP contribution in [0.1, 0.15) is 30.3 Å². The van der Waals surface area contributed by atoms with Gasteiger partial charge in [-0.1, -0.05) is 42.1 Å². The van der Waals surface area contributed by atoms with Gasteiger partial charge >= 0.3 is 0 Å². The summed E-state index contributed by atoms with van der Waals surface area (Å²) in [7, 11) is 0. The van der Waals surface area contributed by atoms with Crippen molar-refractivity contribution in [1.82, 2.24) is 15.3 Å². The third-order valence-electron chi connectivity index (χ3n) is 3.41. The molecular formula is C18H23N3OS. The number of aryl methyl sites for hydroxylation is 3. The number of carbonyl (C=O) groups is 1. The van der Waals surface area contributed by atoms with Gasteiger partial charge in [0.25, 0.3) is 0 Å². The van der Waals surface area contributed by atoms with Crippen LogP contribution in [0.5, 0.6) is 0 Å². The van der Waals surface area contributed by atoms with Crippen molar-refractivity contribution < 1.29 is 4.79 Å². The lowest BCUT2D eigenvalue weighted by atomic mass is 10.1. The number of benzene rings is 1. The first kappa shape index (κ1) is 17.5. The van der Waals surface area contributed by atoms with E-state index >= 15 is 0 Å². The van der Waals surface area contributed by atoms with E-state index in [1.54, 1.807) is 0 Å². The molecule has 1 aromatic carbocycles. The van der Waals surface area contributed by atoms with Crippen LogP contribution in [0.3, 0.4) is 0 Å². The maximum absolute atomic E-state index is 12.0. The smallest absolute Gasteiger partial charge is 0.230 e. The molecule has 1 amide bonds. The summed E-state index contributed by atoms with van der Waals surface area (Å²) in [5.41, 5.74) is 3.15. The third kappa shape index (κ3) is 6.40. The summed E-state index contributed by atoms with van der Waals surface area (Å²) in [6, 6.07) is 12.4. The molecule has 1 unspecified atom stereocenters. The minimum absolute atomic E-state index is 0.0262. The van der Waals surface area contributed by atoms with Gasteiger partial charge in [0.15, 0.2) is 5.16 Å². The maximum Gasteiger partial charge on any atom is 0.230 e. The summed E-state index contributed by atoms with van der Waals surface area (Å²) in [5, 5.41) is 3.70. The van der Waals surface area contributed by atoms with Crippen molar-refractivity contribution in [2.24, 2.45) is 0 Å². The Kier molecular flexibility index (Phi) is 6.59. The number of rotatable bonds is 7. The summed E-state index contributed by atoms with van der Waals surface area (Å²) in [5.74, 6) is 0.372. The molecule has 1 aromatic heterocycles. The normalized spacial score (nSPS) is 12.0. The Morgan fingerprint density at radius 3 is 2.48 bits per heavy atom. The van der Waals surface area contributed by atoms with E-state index in [4.69, 9.17) is 0 Å². The molecule has 2 aromatic rings. The molecule has 0 bridgehead atoms. The van der Waals surface area contributed by atoms with E-state index < -0.39 is 0 Å². The van der Waals surface area contributed by atoms with Crippen molar-refractivity contribution >= 4 is 17.7 Å². The summed E-state index contributed by atoms with van der Waals surface area (Å²) in [4.78, 5) is 20.7. The van der Waals surface area contributed by atoms with Gasteiger partial charge in [0.2, 0.25) is 5.91 Å². The first-order chi connectivity index (χ1) is 11.0. The lowest BCUT2D eigenvalue weighted by Gasteiger charge is -2.13. The highest BCUT2D eigenvalue weighted by Crippen LogP contribution is 2.14. The number of hydrogen-bond donors (Lipinski definition) is 1. The van der Waals surface area contributed by atoms with Crippen LogP contribution in [-0.2, 0) is 11.2 Å². The molecule has 1 N–H and O–H groups in total. The molecule has 122 valence electrons. The van der Waals surface area contributed by atoms with Crippen molar-refractivity contribution in [3.63, 3.8) is 0 Å². The van der Waals surface area contributed by atoms with E-state index in [-0.39, 0.29) is 11.9 Å². The molecule has 0 radical (unpaired) electrons. The number of aromatic nitrogens is 2.